The van der Waals surface area contributed by atoms with E-state index >= 15 is 0 Å². The number of aromatic nitrogens is 4. The van der Waals surface area contributed by atoms with Crippen LogP contribution in [-0.2, 0) is 32.3 Å². The summed E-state index contributed by atoms with van der Waals surface area (Å²) in [5.74, 6) is 2.07. The van der Waals surface area contributed by atoms with Gasteiger partial charge in [0.2, 0.25) is 0 Å². The Morgan fingerprint density at radius 1 is 0.792 bits per heavy atom. The molecule has 0 N–H and O–H groups in total. The number of aryl methyl sites for hydroxylation is 4. The molecule has 3 heterocycles. The third kappa shape index (κ3) is 6.12. The van der Waals surface area contributed by atoms with E-state index in [-0.39, 0.29) is 25.8 Å². The first-order valence-electron chi connectivity index (χ1n) is 16.4. The van der Waals surface area contributed by atoms with Crippen LogP contribution in [0.3, 0.4) is 0 Å². The van der Waals surface area contributed by atoms with Crippen LogP contribution in [0.15, 0.2) is 91.1 Å². The number of para-hydroxylation sites is 1. The maximum atomic E-state index is 6.50. The first-order chi connectivity index (χ1) is 22.6. The van der Waals surface area contributed by atoms with Gasteiger partial charge in [-0.15, -0.1) is 35.7 Å². The minimum absolute atomic E-state index is 0. The molecule has 0 fully saturated rings. The van der Waals surface area contributed by atoms with Gasteiger partial charge in [-0.05, 0) is 78.7 Å². The van der Waals surface area contributed by atoms with E-state index in [1.807, 2.05) is 30.5 Å². The van der Waals surface area contributed by atoms with Crippen LogP contribution in [0.1, 0.15) is 62.2 Å². The predicted molar refractivity (Wildman–Crippen MR) is 192 cm³/mol. The third-order valence-electron chi connectivity index (χ3n) is 8.84. The molecule has 0 saturated carbocycles. The molecule has 0 atom stereocenters. The fourth-order valence-corrected chi connectivity index (χ4v) is 6.49. The van der Waals surface area contributed by atoms with Crippen molar-refractivity contribution in [2.24, 2.45) is 0 Å². The molecule has 4 aromatic carbocycles. The van der Waals surface area contributed by atoms with Crippen molar-refractivity contribution in [1.29, 1.82) is 0 Å². The van der Waals surface area contributed by atoms with E-state index in [9.17, 15) is 0 Å². The standard InChI is InChI=1S/C42H40N4O.Pd/c1-8-12-36-40(30-18-17-28(3)29(4)24-30)41(42(5,6)7)46(44-36)31-13-11-14-32(25-31)47-33-19-20-35-34-15-9-10-16-37(34)45(38(35)26-33)39-23-27(2)21-22-43-39;/h9-11,13-24H,8,12H2,1-7H3;/q-2;+2. The Kier molecular flexibility index (Phi) is 9.18. The van der Waals surface area contributed by atoms with Crippen LogP contribution in [0.4, 0.5) is 0 Å². The van der Waals surface area contributed by atoms with Crippen molar-refractivity contribution in [3.8, 4) is 34.1 Å². The quantitative estimate of drug-likeness (QED) is 0.122. The molecule has 0 aliphatic carbocycles. The van der Waals surface area contributed by atoms with Crippen molar-refractivity contribution >= 4 is 21.8 Å². The van der Waals surface area contributed by atoms with Gasteiger partial charge in [0, 0.05) is 34.2 Å². The number of hydrogen-bond donors (Lipinski definition) is 0. The van der Waals surface area contributed by atoms with E-state index < -0.39 is 0 Å². The fraction of sp³-hybridized carbons (Fsp3) is 0.238. The number of rotatable bonds is 7. The number of nitrogens with zero attached hydrogens (tertiary/aromatic N) is 4. The number of pyridine rings is 1. The zero-order chi connectivity index (χ0) is 32.9. The van der Waals surface area contributed by atoms with Crippen molar-refractivity contribution in [3.63, 3.8) is 0 Å². The van der Waals surface area contributed by atoms with Gasteiger partial charge in [-0.25, -0.2) is 4.98 Å². The van der Waals surface area contributed by atoms with E-state index in [0.29, 0.717) is 11.5 Å². The monoisotopic (exact) mass is 722 g/mol. The van der Waals surface area contributed by atoms with Gasteiger partial charge >= 0.3 is 20.4 Å². The topological polar surface area (TPSA) is 44.9 Å². The Morgan fingerprint density at radius 3 is 2.33 bits per heavy atom. The molecule has 7 aromatic rings. The van der Waals surface area contributed by atoms with Gasteiger partial charge in [0.1, 0.15) is 5.82 Å². The van der Waals surface area contributed by atoms with Crippen molar-refractivity contribution < 1.29 is 25.2 Å². The van der Waals surface area contributed by atoms with E-state index in [0.717, 1.165) is 57.4 Å². The van der Waals surface area contributed by atoms with E-state index in [4.69, 9.17) is 14.8 Å². The SMILES string of the molecule is CCCc1nn(-c2[c-]c(Oc3[c-]c4c(cc3)c3ccccc3n4-c3cc(C)ccn3)ccc2)c(C(C)(C)C)c1-c1ccc(C)c(C)c1.[Pd+2]. The normalized spacial score (nSPS) is 11.6. The molecule has 0 saturated heterocycles. The summed E-state index contributed by atoms with van der Waals surface area (Å²) in [4.78, 5) is 4.71. The summed E-state index contributed by atoms with van der Waals surface area (Å²) in [6, 6.07) is 36.5. The van der Waals surface area contributed by atoms with Gasteiger partial charge in [0.15, 0.2) is 0 Å². The number of hydrogen-bond acceptors (Lipinski definition) is 3. The van der Waals surface area contributed by atoms with Gasteiger partial charge in [0.25, 0.3) is 0 Å². The van der Waals surface area contributed by atoms with Crippen LogP contribution in [0, 0.1) is 32.9 Å². The second-order valence-corrected chi connectivity index (χ2v) is 13.5. The minimum atomic E-state index is -0.173. The van der Waals surface area contributed by atoms with Crippen molar-refractivity contribution in [3.05, 3.63) is 131 Å². The zero-order valence-corrected chi connectivity index (χ0v) is 30.1. The molecule has 0 unspecified atom stereocenters. The number of fused-ring (bicyclic) bond motifs is 3. The Labute approximate surface area is 297 Å². The maximum absolute atomic E-state index is 6.50. The van der Waals surface area contributed by atoms with E-state index in [1.165, 1.54) is 27.9 Å². The summed E-state index contributed by atoms with van der Waals surface area (Å²) in [5, 5.41) is 7.49. The van der Waals surface area contributed by atoms with Crippen LogP contribution in [-0.4, -0.2) is 19.3 Å². The van der Waals surface area contributed by atoms with Crippen LogP contribution in [0.25, 0.3) is 44.4 Å². The Hall–Kier alpha value is -4.50. The van der Waals surface area contributed by atoms with Crippen molar-refractivity contribution in [2.75, 3.05) is 0 Å². The molecule has 244 valence electrons. The van der Waals surface area contributed by atoms with Gasteiger partial charge in [-0.3, -0.25) is 4.68 Å². The molecule has 7 rings (SSSR count). The average Bonchev–Trinajstić information content (AvgIpc) is 3.59. The molecule has 0 aliphatic heterocycles. The molecule has 0 spiro atoms. The molecule has 0 amide bonds. The largest absolute Gasteiger partial charge is 2.00 e. The third-order valence-corrected chi connectivity index (χ3v) is 8.84. The summed E-state index contributed by atoms with van der Waals surface area (Å²) in [6.07, 6.45) is 3.76. The predicted octanol–water partition coefficient (Wildman–Crippen LogP) is 10.6. The molecule has 0 aliphatic rings. The van der Waals surface area contributed by atoms with Crippen LogP contribution in [0.5, 0.6) is 11.5 Å². The van der Waals surface area contributed by atoms with Crippen LogP contribution < -0.4 is 4.74 Å². The summed E-state index contributed by atoms with van der Waals surface area (Å²) in [6.45, 7) is 15.4. The Bertz CT molecular complexity index is 2270. The van der Waals surface area contributed by atoms with Crippen LogP contribution in [0.2, 0.25) is 0 Å². The van der Waals surface area contributed by atoms with Crippen molar-refractivity contribution in [1.82, 2.24) is 19.3 Å². The molecule has 0 radical (unpaired) electrons. The molecule has 0 bridgehead atoms. The smallest absolute Gasteiger partial charge is 0.509 e. The van der Waals surface area contributed by atoms with Gasteiger partial charge in [-0.2, -0.15) is 17.2 Å². The number of ether oxygens (including phenoxy) is 1. The molecular weight excluding hydrogens is 683 g/mol. The summed E-state index contributed by atoms with van der Waals surface area (Å²) in [7, 11) is 0. The summed E-state index contributed by atoms with van der Waals surface area (Å²) < 4.78 is 10.7. The molecule has 5 nitrogen and oxygen atoms in total. The average molecular weight is 723 g/mol. The maximum Gasteiger partial charge on any atom is 2.00 e. The van der Waals surface area contributed by atoms with Gasteiger partial charge in [0.05, 0.1) is 11.4 Å². The zero-order valence-electron chi connectivity index (χ0n) is 28.6. The van der Waals surface area contributed by atoms with Gasteiger partial charge in [-0.1, -0.05) is 76.0 Å². The summed E-state index contributed by atoms with van der Waals surface area (Å²) in [5.41, 5.74) is 11.1. The van der Waals surface area contributed by atoms with Gasteiger partial charge < -0.3 is 9.30 Å². The summed E-state index contributed by atoms with van der Waals surface area (Å²) >= 11 is 0. The van der Waals surface area contributed by atoms with E-state index in [2.05, 4.69) is 131 Å². The minimum Gasteiger partial charge on any atom is -0.509 e. The second kappa shape index (κ2) is 13.2. The fourth-order valence-electron chi connectivity index (χ4n) is 6.49. The first-order valence-corrected chi connectivity index (χ1v) is 16.4. The molecular formula is C42H40N4OPd. The molecule has 48 heavy (non-hydrogen) atoms. The first kappa shape index (κ1) is 33.4. The van der Waals surface area contributed by atoms with Crippen LogP contribution >= 0.6 is 0 Å². The Morgan fingerprint density at radius 2 is 1.58 bits per heavy atom. The number of benzene rings is 4. The van der Waals surface area contributed by atoms with Crippen molar-refractivity contribution in [2.45, 2.75) is 66.7 Å². The second-order valence-electron chi connectivity index (χ2n) is 13.5. The Balaban J connectivity index is 0.00000401. The molecule has 3 aromatic heterocycles. The van der Waals surface area contributed by atoms with E-state index in [1.54, 1.807) is 0 Å². The molecule has 6 heteroatoms.